The zero-order chi connectivity index (χ0) is 11.7. The first kappa shape index (κ1) is 14.0. The van der Waals surface area contributed by atoms with Gasteiger partial charge in [0.1, 0.15) is 0 Å². The molecule has 0 aromatic rings. The fourth-order valence-electron chi connectivity index (χ4n) is 1.05. The van der Waals surface area contributed by atoms with E-state index in [0.29, 0.717) is 0 Å². The molecule has 0 unspecified atom stereocenters. The Labute approximate surface area is 94.6 Å². The molecule has 0 aromatic heterocycles. The molecule has 15 heavy (non-hydrogen) atoms. The maximum absolute atomic E-state index is 3.72. The predicted molar refractivity (Wildman–Crippen MR) is 68.9 cm³/mol. The summed E-state index contributed by atoms with van der Waals surface area (Å²) in [5, 5.41) is 0. The highest BCUT2D eigenvalue weighted by Crippen LogP contribution is 1.95. The first-order chi connectivity index (χ1) is 7.10. The third kappa shape index (κ3) is 8.01. The van der Waals surface area contributed by atoms with Crippen LogP contribution in [-0.4, -0.2) is 43.5 Å². The van der Waals surface area contributed by atoms with Gasteiger partial charge in [-0.2, -0.15) is 0 Å². The lowest BCUT2D eigenvalue weighted by Crippen LogP contribution is -2.27. The van der Waals surface area contributed by atoms with Crippen molar-refractivity contribution in [3.63, 3.8) is 0 Å². The third-order valence-electron chi connectivity index (χ3n) is 2.22. The Morgan fingerprint density at radius 2 is 1.93 bits per heavy atom. The van der Waals surface area contributed by atoms with Gasteiger partial charge < -0.3 is 9.80 Å². The van der Waals surface area contributed by atoms with Gasteiger partial charge in [0.25, 0.3) is 0 Å². The highest BCUT2D eigenvalue weighted by atomic mass is 15.1. The minimum absolute atomic E-state index is 1.05. The summed E-state index contributed by atoms with van der Waals surface area (Å²) in [4.78, 5) is 4.49. The smallest absolute Gasteiger partial charge is 0.0299 e. The fraction of sp³-hybridized carbons (Fsp3) is 0.538. The third-order valence-corrected chi connectivity index (χ3v) is 2.22. The van der Waals surface area contributed by atoms with E-state index in [-0.39, 0.29) is 0 Å². The van der Waals surface area contributed by atoms with Gasteiger partial charge in [-0.25, -0.2) is 0 Å². The van der Waals surface area contributed by atoms with Crippen molar-refractivity contribution < 1.29 is 0 Å². The molecule has 0 saturated heterocycles. The van der Waals surface area contributed by atoms with Crippen molar-refractivity contribution in [1.29, 1.82) is 0 Å². The van der Waals surface area contributed by atoms with Gasteiger partial charge in [-0.3, -0.25) is 0 Å². The molecule has 0 radical (unpaired) electrons. The van der Waals surface area contributed by atoms with E-state index in [1.807, 2.05) is 13.0 Å². The molecule has 86 valence electrons. The van der Waals surface area contributed by atoms with Crippen LogP contribution in [0.25, 0.3) is 0 Å². The monoisotopic (exact) mass is 208 g/mol. The average molecular weight is 208 g/mol. The van der Waals surface area contributed by atoms with Crippen molar-refractivity contribution in [3.05, 3.63) is 36.6 Å². The van der Waals surface area contributed by atoms with Gasteiger partial charge in [0, 0.05) is 19.6 Å². The topological polar surface area (TPSA) is 6.48 Å². The molecule has 0 amide bonds. The van der Waals surface area contributed by atoms with Crippen molar-refractivity contribution in [1.82, 2.24) is 9.80 Å². The van der Waals surface area contributed by atoms with Gasteiger partial charge in [-0.1, -0.05) is 24.3 Å². The summed E-state index contributed by atoms with van der Waals surface area (Å²) in [6.07, 6.45) is 8.15. The van der Waals surface area contributed by atoms with Crippen LogP contribution in [0.2, 0.25) is 0 Å². The van der Waals surface area contributed by atoms with Crippen molar-refractivity contribution >= 4 is 0 Å². The van der Waals surface area contributed by atoms with Crippen molar-refractivity contribution in [3.8, 4) is 0 Å². The van der Waals surface area contributed by atoms with Crippen molar-refractivity contribution in [2.24, 2.45) is 0 Å². The second-order valence-electron chi connectivity index (χ2n) is 3.89. The molecule has 0 spiro atoms. The van der Waals surface area contributed by atoms with E-state index in [9.17, 15) is 0 Å². The van der Waals surface area contributed by atoms with Gasteiger partial charge in [-0.15, -0.1) is 0 Å². The molecule has 0 aliphatic carbocycles. The minimum atomic E-state index is 1.05. The number of likely N-dealkylation sites (N-methyl/N-ethyl adjacent to an activating group) is 2. The zero-order valence-electron chi connectivity index (χ0n) is 10.5. The first-order valence-corrected chi connectivity index (χ1v) is 5.46. The van der Waals surface area contributed by atoms with Crippen LogP contribution in [-0.2, 0) is 0 Å². The van der Waals surface area contributed by atoms with Crippen LogP contribution in [0, 0.1) is 0 Å². The van der Waals surface area contributed by atoms with Crippen molar-refractivity contribution in [2.45, 2.75) is 13.8 Å². The van der Waals surface area contributed by atoms with Gasteiger partial charge in [0.05, 0.1) is 0 Å². The number of allylic oxidation sites excluding steroid dienone is 4. The summed E-state index contributed by atoms with van der Waals surface area (Å²) >= 11 is 0. The van der Waals surface area contributed by atoms with Crippen LogP contribution in [0.4, 0.5) is 0 Å². The van der Waals surface area contributed by atoms with Gasteiger partial charge in [0.15, 0.2) is 0 Å². The molecule has 0 bridgehead atoms. The number of rotatable bonds is 7. The molecule has 0 aliphatic rings. The Morgan fingerprint density at radius 1 is 1.27 bits per heavy atom. The molecule has 0 rings (SSSR count). The Morgan fingerprint density at radius 3 is 2.40 bits per heavy atom. The zero-order valence-corrected chi connectivity index (χ0v) is 10.5. The van der Waals surface area contributed by atoms with Crippen LogP contribution in [0.5, 0.6) is 0 Å². The van der Waals surface area contributed by atoms with E-state index < -0.39 is 0 Å². The second kappa shape index (κ2) is 8.30. The highest BCUT2D eigenvalue weighted by Gasteiger charge is 1.95. The second-order valence-corrected chi connectivity index (χ2v) is 3.89. The van der Waals surface area contributed by atoms with Crippen LogP contribution in [0.15, 0.2) is 36.6 Å². The minimum Gasteiger partial charge on any atom is -0.376 e. The number of nitrogens with zero attached hydrogens (tertiary/aromatic N) is 2. The van der Waals surface area contributed by atoms with Crippen LogP contribution < -0.4 is 0 Å². The molecule has 0 fully saturated rings. The molecular formula is C13H24N2. The highest BCUT2D eigenvalue weighted by molar-refractivity contribution is 5.19. The first-order valence-electron chi connectivity index (χ1n) is 5.46. The van der Waals surface area contributed by atoms with Gasteiger partial charge >= 0.3 is 0 Å². The molecule has 2 heteroatoms. The van der Waals surface area contributed by atoms with Crippen LogP contribution in [0.1, 0.15) is 13.8 Å². The summed E-state index contributed by atoms with van der Waals surface area (Å²) in [5.41, 5.74) is 1.19. The standard InChI is InChI=1S/C13H24N2/c1-6-13(3)9-8-10-15(7-2)12-11-14(4)5/h6,8-10H,1,7,11-12H2,2-5H3. The Hall–Kier alpha value is -1.02. The lowest BCUT2D eigenvalue weighted by Gasteiger charge is -2.20. The Balaban J connectivity index is 4.03. The summed E-state index contributed by atoms with van der Waals surface area (Å²) in [6, 6.07) is 0. The predicted octanol–water partition coefficient (Wildman–Crippen LogP) is 2.52. The van der Waals surface area contributed by atoms with Crippen molar-refractivity contribution in [2.75, 3.05) is 33.7 Å². The Bertz CT molecular complexity index is 227. The lowest BCUT2D eigenvalue weighted by atomic mass is 10.3. The van der Waals surface area contributed by atoms with Gasteiger partial charge in [0.2, 0.25) is 0 Å². The van der Waals surface area contributed by atoms with E-state index in [2.05, 4.69) is 55.7 Å². The summed E-state index contributed by atoms with van der Waals surface area (Å²) in [5.74, 6) is 0. The van der Waals surface area contributed by atoms with Crippen LogP contribution >= 0.6 is 0 Å². The van der Waals surface area contributed by atoms with E-state index in [4.69, 9.17) is 0 Å². The molecule has 0 N–H and O–H groups in total. The molecule has 0 aliphatic heterocycles. The van der Waals surface area contributed by atoms with Gasteiger partial charge in [-0.05, 0) is 40.2 Å². The van der Waals surface area contributed by atoms with E-state index in [0.717, 1.165) is 19.6 Å². The Kier molecular flexibility index (Phi) is 7.74. The van der Waals surface area contributed by atoms with E-state index in [1.165, 1.54) is 5.57 Å². The molecule has 0 heterocycles. The van der Waals surface area contributed by atoms with E-state index >= 15 is 0 Å². The fourth-order valence-corrected chi connectivity index (χ4v) is 1.05. The summed E-state index contributed by atoms with van der Waals surface area (Å²) in [6.45, 7) is 11.1. The lowest BCUT2D eigenvalue weighted by molar-refractivity contribution is 0.316. The maximum Gasteiger partial charge on any atom is 0.0299 e. The SMILES string of the molecule is C=CC(C)=CC=CN(CC)CCN(C)C. The maximum atomic E-state index is 3.72. The molecular weight excluding hydrogens is 184 g/mol. The van der Waals surface area contributed by atoms with E-state index in [1.54, 1.807) is 0 Å². The molecule has 0 saturated carbocycles. The normalized spacial score (nSPS) is 12.5. The summed E-state index contributed by atoms with van der Waals surface area (Å²) < 4.78 is 0. The number of hydrogen-bond donors (Lipinski definition) is 0. The summed E-state index contributed by atoms with van der Waals surface area (Å²) in [7, 11) is 4.19. The average Bonchev–Trinajstić information content (AvgIpc) is 2.22. The van der Waals surface area contributed by atoms with Crippen LogP contribution in [0.3, 0.4) is 0 Å². The largest absolute Gasteiger partial charge is 0.376 e. The molecule has 0 aromatic carbocycles. The number of hydrogen-bond acceptors (Lipinski definition) is 2. The quantitative estimate of drug-likeness (QED) is 0.593. The molecule has 2 nitrogen and oxygen atoms in total. The molecule has 0 atom stereocenters.